The smallest absolute Gasteiger partial charge is 0.335 e. The van der Waals surface area contributed by atoms with E-state index in [-0.39, 0.29) is 5.97 Å². The molecule has 1 fully saturated rings. The van der Waals surface area contributed by atoms with Crippen LogP contribution >= 0.6 is 0 Å². The average molecular weight is 222 g/mol. The molecule has 1 heterocycles. The van der Waals surface area contributed by atoms with Crippen LogP contribution in [0, 0.1) is 0 Å². The lowest BCUT2D eigenvalue weighted by atomic mass is 10.2. The molecule has 86 valence electrons. The molecule has 1 saturated heterocycles. The molecule has 0 aromatic heterocycles. The molecule has 1 aliphatic rings. The van der Waals surface area contributed by atoms with Crippen molar-refractivity contribution >= 4 is 5.97 Å². The second-order valence-electron chi connectivity index (χ2n) is 3.60. The Balaban J connectivity index is 1.86. The van der Waals surface area contributed by atoms with Crippen LogP contribution in [0.3, 0.4) is 0 Å². The minimum Gasteiger partial charge on any atom is -0.497 e. The van der Waals surface area contributed by atoms with E-state index in [1.807, 2.05) is 24.3 Å². The van der Waals surface area contributed by atoms with Gasteiger partial charge in [-0.2, -0.15) is 0 Å². The maximum absolute atomic E-state index is 11.1. The minimum atomic E-state index is -0.401. The molecule has 4 nitrogen and oxygen atoms in total. The van der Waals surface area contributed by atoms with Crippen molar-refractivity contribution in [3.8, 4) is 5.75 Å². The quantitative estimate of drug-likeness (QED) is 0.725. The minimum absolute atomic E-state index is 0.256. The third-order valence-electron chi connectivity index (χ3n) is 2.50. The Bertz CT molecular complexity index is 358. The van der Waals surface area contributed by atoms with Crippen molar-refractivity contribution < 1.29 is 19.0 Å². The summed E-state index contributed by atoms with van der Waals surface area (Å²) in [4.78, 5) is 11.1. The number of carbonyl (C=O) groups excluding carboxylic acids is 1. The molecule has 0 amide bonds. The lowest BCUT2D eigenvalue weighted by Gasteiger charge is -2.08. The summed E-state index contributed by atoms with van der Waals surface area (Å²) in [7, 11) is 1.63. The van der Waals surface area contributed by atoms with Crippen molar-refractivity contribution in [1.29, 1.82) is 0 Å². The molecule has 16 heavy (non-hydrogen) atoms. The van der Waals surface area contributed by atoms with Gasteiger partial charge in [0.05, 0.1) is 20.3 Å². The number of rotatable bonds is 4. The zero-order valence-electron chi connectivity index (χ0n) is 9.14. The van der Waals surface area contributed by atoms with Crippen molar-refractivity contribution in [1.82, 2.24) is 0 Å². The molecule has 2 rings (SSSR count). The first-order valence-electron chi connectivity index (χ1n) is 5.21. The number of hydrogen-bond acceptors (Lipinski definition) is 4. The summed E-state index contributed by atoms with van der Waals surface area (Å²) in [6.07, 6.45) is 0.247. The molecular weight excluding hydrogens is 208 g/mol. The Labute approximate surface area is 94.1 Å². The van der Waals surface area contributed by atoms with E-state index in [9.17, 15) is 4.79 Å². The lowest BCUT2D eigenvalue weighted by molar-refractivity contribution is -0.147. The Morgan fingerprint density at radius 3 is 2.69 bits per heavy atom. The number of methoxy groups -OCH3 is 1. The lowest BCUT2D eigenvalue weighted by Crippen LogP contribution is -2.18. The highest BCUT2D eigenvalue weighted by Gasteiger charge is 2.26. The van der Waals surface area contributed by atoms with E-state index in [1.165, 1.54) is 0 Å². The third kappa shape index (κ3) is 2.52. The highest BCUT2D eigenvalue weighted by atomic mass is 16.6. The second-order valence-corrected chi connectivity index (χ2v) is 3.60. The van der Waals surface area contributed by atoms with Gasteiger partial charge in [-0.3, -0.25) is 0 Å². The fourth-order valence-corrected chi connectivity index (χ4v) is 1.55. The monoisotopic (exact) mass is 222 g/mol. The van der Waals surface area contributed by atoms with E-state index in [0.29, 0.717) is 19.6 Å². The Hall–Kier alpha value is -1.55. The van der Waals surface area contributed by atoms with Gasteiger partial charge in [-0.15, -0.1) is 0 Å². The van der Waals surface area contributed by atoms with Crippen molar-refractivity contribution in [2.24, 2.45) is 0 Å². The zero-order valence-corrected chi connectivity index (χ0v) is 9.14. The van der Waals surface area contributed by atoms with E-state index in [0.717, 1.165) is 11.3 Å². The maximum Gasteiger partial charge on any atom is 0.335 e. The zero-order chi connectivity index (χ0) is 11.4. The molecule has 4 heteroatoms. The van der Waals surface area contributed by atoms with Crippen LogP contribution < -0.4 is 4.74 Å². The first-order chi connectivity index (χ1) is 7.79. The Morgan fingerprint density at radius 2 is 2.12 bits per heavy atom. The van der Waals surface area contributed by atoms with Gasteiger partial charge in [-0.05, 0) is 17.7 Å². The van der Waals surface area contributed by atoms with Crippen LogP contribution in [0.15, 0.2) is 24.3 Å². The molecule has 1 aromatic rings. The fourth-order valence-electron chi connectivity index (χ4n) is 1.55. The van der Waals surface area contributed by atoms with Crippen LogP contribution in [0.4, 0.5) is 0 Å². The van der Waals surface area contributed by atoms with Crippen LogP contribution in [-0.4, -0.2) is 25.8 Å². The van der Waals surface area contributed by atoms with Crippen molar-refractivity contribution in [2.45, 2.75) is 19.1 Å². The van der Waals surface area contributed by atoms with Gasteiger partial charge >= 0.3 is 5.97 Å². The molecule has 0 bridgehead atoms. The predicted molar refractivity (Wildman–Crippen MR) is 57.1 cm³/mol. The van der Waals surface area contributed by atoms with Gasteiger partial charge in [0.2, 0.25) is 0 Å². The topological polar surface area (TPSA) is 44.8 Å². The number of benzene rings is 1. The van der Waals surface area contributed by atoms with E-state index >= 15 is 0 Å². The van der Waals surface area contributed by atoms with Crippen molar-refractivity contribution in [3.63, 3.8) is 0 Å². The van der Waals surface area contributed by atoms with Crippen LogP contribution in [0.1, 0.15) is 12.0 Å². The summed E-state index contributed by atoms with van der Waals surface area (Å²) in [6, 6.07) is 7.57. The van der Waals surface area contributed by atoms with E-state index < -0.39 is 6.10 Å². The normalized spacial score (nSPS) is 19.6. The van der Waals surface area contributed by atoms with Gasteiger partial charge in [0.25, 0.3) is 0 Å². The molecule has 1 atom stereocenters. The number of esters is 1. The molecule has 0 saturated carbocycles. The first-order valence-corrected chi connectivity index (χ1v) is 5.21. The molecule has 0 N–H and O–H groups in total. The fraction of sp³-hybridized carbons (Fsp3) is 0.417. The third-order valence-corrected chi connectivity index (χ3v) is 2.50. The van der Waals surface area contributed by atoms with Gasteiger partial charge in [-0.1, -0.05) is 12.1 Å². The van der Waals surface area contributed by atoms with Crippen LogP contribution in [0.2, 0.25) is 0 Å². The largest absolute Gasteiger partial charge is 0.497 e. The highest BCUT2D eigenvalue weighted by molar-refractivity contribution is 5.76. The van der Waals surface area contributed by atoms with E-state index in [2.05, 4.69) is 0 Å². The van der Waals surface area contributed by atoms with Gasteiger partial charge in [0, 0.05) is 6.42 Å². The highest BCUT2D eigenvalue weighted by Crippen LogP contribution is 2.15. The molecule has 0 spiro atoms. The predicted octanol–water partition coefficient (Wildman–Crippen LogP) is 1.53. The molecule has 0 unspecified atom stereocenters. The standard InChI is InChI=1S/C12H14O4/c1-14-10-4-2-9(3-5-10)8-16-11-6-7-15-12(11)13/h2-5,11H,6-8H2,1H3/t11-/m0/s1. The van der Waals surface area contributed by atoms with Gasteiger partial charge in [0.15, 0.2) is 6.10 Å². The summed E-state index contributed by atoms with van der Waals surface area (Å²) in [6.45, 7) is 0.885. The van der Waals surface area contributed by atoms with E-state index in [1.54, 1.807) is 7.11 Å². The maximum atomic E-state index is 11.1. The Morgan fingerprint density at radius 1 is 1.38 bits per heavy atom. The summed E-state index contributed by atoms with van der Waals surface area (Å²) in [5, 5.41) is 0. The van der Waals surface area contributed by atoms with Crippen LogP contribution in [0.5, 0.6) is 5.75 Å². The number of cyclic esters (lactones) is 1. The van der Waals surface area contributed by atoms with Crippen molar-refractivity contribution in [2.75, 3.05) is 13.7 Å². The molecule has 0 aliphatic carbocycles. The summed E-state index contributed by atoms with van der Waals surface area (Å²) in [5.74, 6) is 0.553. The first kappa shape index (κ1) is 11.0. The average Bonchev–Trinajstić information content (AvgIpc) is 2.73. The second kappa shape index (κ2) is 4.99. The summed E-state index contributed by atoms with van der Waals surface area (Å²) < 4.78 is 15.3. The number of carbonyl (C=O) groups is 1. The molecule has 1 aromatic carbocycles. The van der Waals surface area contributed by atoms with E-state index in [4.69, 9.17) is 14.2 Å². The summed E-state index contributed by atoms with van der Waals surface area (Å²) >= 11 is 0. The molecular formula is C12H14O4. The van der Waals surface area contributed by atoms with Crippen LogP contribution in [0.25, 0.3) is 0 Å². The van der Waals surface area contributed by atoms with Gasteiger partial charge < -0.3 is 14.2 Å². The SMILES string of the molecule is COc1ccc(CO[C@H]2CCOC2=O)cc1. The van der Waals surface area contributed by atoms with Gasteiger partial charge in [0.1, 0.15) is 5.75 Å². The van der Waals surface area contributed by atoms with Crippen LogP contribution in [-0.2, 0) is 20.9 Å². The van der Waals surface area contributed by atoms with Gasteiger partial charge in [-0.25, -0.2) is 4.79 Å². The van der Waals surface area contributed by atoms with Crippen molar-refractivity contribution in [3.05, 3.63) is 29.8 Å². The molecule has 0 radical (unpaired) electrons. The summed E-state index contributed by atoms with van der Waals surface area (Å²) in [5.41, 5.74) is 1.01. The molecule has 1 aliphatic heterocycles. The number of hydrogen-bond donors (Lipinski definition) is 0. The Kier molecular flexibility index (Phi) is 3.41. The number of ether oxygens (including phenoxy) is 3.